The molecule has 2 amide bonds. The molecule has 2 unspecified atom stereocenters. The molecule has 2 atom stereocenters. The maximum absolute atomic E-state index is 12.1. The van der Waals surface area contributed by atoms with Gasteiger partial charge in [0.25, 0.3) is 0 Å². The van der Waals surface area contributed by atoms with Crippen LogP contribution in [0.4, 0.5) is 4.79 Å². The van der Waals surface area contributed by atoms with Crippen LogP contribution in [0.5, 0.6) is 0 Å². The average molecular weight is 236 g/mol. The molecule has 3 heteroatoms. The van der Waals surface area contributed by atoms with Gasteiger partial charge in [-0.15, -0.1) is 0 Å². The molecule has 0 radical (unpaired) electrons. The van der Waals surface area contributed by atoms with E-state index in [4.69, 9.17) is 0 Å². The van der Waals surface area contributed by atoms with Crippen molar-refractivity contribution >= 4 is 6.03 Å². The van der Waals surface area contributed by atoms with Crippen molar-refractivity contribution in [2.45, 2.75) is 53.0 Å². The van der Waals surface area contributed by atoms with Gasteiger partial charge < -0.3 is 10.2 Å². The summed E-state index contributed by atoms with van der Waals surface area (Å²) >= 11 is 0. The van der Waals surface area contributed by atoms with Gasteiger partial charge in [0.1, 0.15) is 0 Å². The summed E-state index contributed by atoms with van der Waals surface area (Å²) in [5.41, 5.74) is 0.687. The molecule has 96 valence electrons. The molecule has 0 aromatic heterocycles. The largest absolute Gasteiger partial charge is 0.321 e. The number of fused-ring (bicyclic) bond motifs is 2. The Morgan fingerprint density at radius 2 is 2.06 bits per heavy atom. The summed E-state index contributed by atoms with van der Waals surface area (Å²) in [5.74, 6) is 0. The van der Waals surface area contributed by atoms with Gasteiger partial charge in [-0.1, -0.05) is 26.8 Å². The van der Waals surface area contributed by atoms with Gasteiger partial charge in [0.15, 0.2) is 0 Å². The lowest BCUT2D eigenvalue weighted by Crippen LogP contribution is -2.41. The minimum atomic E-state index is 0.0644. The van der Waals surface area contributed by atoms with Gasteiger partial charge >= 0.3 is 6.03 Å². The van der Waals surface area contributed by atoms with Crippen molar-refractivity contribution in [2.75, 3.05) is 6.54 Å². The first kappa shape index (κ1) is 12.5. The van der Waals surface area contributed by atoms with E-state index in [1.165, 1.54) is 12.8 Å². The van der Waals surface area contributed by atoms with E-state index in [1.54, 1.807) is 6.20 Å². The maximum Gasteiger partial charge on any atom is 0.321 e. The highest BCUT2D eigenvalue weighted by Crippen LogP contribution is 2.52. The van der Waals surface area contributed by atoms with Crippen LogP contribution in [0.2, 0.25) is 0 Å². The standard InChI is InChI=1S/C14H24N2O/c1-5-6-15-12(17)16-10-14(4)8-11(16)7-13(2,3)9-14/h5-6,11H,7-10H2,1-4H3,(H,15,17)/b6-5+. The number of nitrogens with one attached hydrogen (secondary N) is 1. The summed E-state index contributed by atoms with van der Waals surface area (Å²) < 4.78 is 0. The van der Waals surface area contributed by atoms with E-state index < -0.39 is 0 Å². The molecular weight excluding hydrogens is 212 g/mol. The van der Waals surface area contributed by atoms with Crippen LogP contribution in [-0.2, 0) is 0 Å². The lowest BCUT2D eigenvalue weighted by molar-refractivity contribution is 0.129. The second kappa shape index (κ2) is 4.04. The maximum atomic E-state index is 12.1. The van der Waals surface area contributed by atoms with Gasteiger partial charge in [-0.2, -0.15) is 0 Å². The molecule has 0 aromatic carbocycles. The Labute approximate surface area is 104 Å². The number of amides is 2. The highest BCUT2D eigenvalue weighted by Gasteiger charge is 2.50. The number of carbonyl (C=O) groups excluding carboxylic acids is 1. The Balaban J connectivity index is 2.10. The number of nitrogens with zero attached hydrogens (tertiary/aromatic N) is 1. The number of likely N-dealkylation sites (tertiary alicyclic amines) is 1. The molecule has 0 spiro atoms. The molecule has 1 heterocycles. The van der Waals surface area contributed by atoms with Gasteiger partial charge in [0.05, 0.1) is 0 Å². The van der Waals surface area contributed by atoms with Crippen molar-refractivity contribution in [3.63, 3.8) is 0 Å². The van der Waals surface area contributed by atoms with Crippen LogP contribution in [0.3, 0.4) is 0 Å². The minimum Gasteiger partial charge on any atom is -0.321 e. The number of rotatable bonds is 1. The van der Waals surface area contributed by atoms with Crippen LogP contribution >= 0.6 is 0 Å². The van der Waals surface area contributed by atoms with E-state index in [0.29, 0.717) is 16.9 Å². The molecule has 2 fully saturated rings. The fourth-order valence-electron chi connectivity index (χ4n) is 3.93. The van der Waals surface area contributed by atoms with E-state index in [0.717, 1.165) is 13.0 Å². The highest BCUT2D eigenvalue weighted by atomic mass is 16.2. The Hall–Kier alpha value is -0.990. The van der Waals surface area contributed by atoms with Crippen LogP contribution in [0.1, 0.15) is 47.0 Å². The third kappa shape index (κ3) is 2.48. The van der Waals surface area contributed by atoms with Gasteiger partial charge in [-0.3, -0.25) is 0 Å². The fraction of sp³-hybridized carbons (Fsp3) is 0.786. The Bertz CT molecular complexity index is 348. The first-order valence-corrected chi connectivity index (χ1v) is 6.54. The summed E-state index contributed by atoms with van der Waals surface area (Å²) in [4.78, 5) is 14.1. The van der Waals surface area contributed by atoms with E-state index in [-0.39, 0.29) is 6.03 Å². The van der Waals surface area contributed by atoms with Crippen LogP contribution in [0.15, 0.2) is 12.3 Å². The number of allylic oxidation sites excluding steroid dienone is 1. The molecule has 17 heavy (non-hydrogen) atoms. The van der Waals surface area contributed by atoms with Crippen molar-refractivity contribution < 1.29 is 4.79 Å². The SMILES string of the molecule is C/C=C/NC(=O)N1CC2(C)CC1CC(C)(C)C2. The number of urea groups is 1. The smallest absolute Gasteiger partial charge is 0.321 e. The van der Waals surface area contributed by atoms with E-state index in [9.17, 15) is 4.79 Å². The average Bonchev–Trinajstić information content (AvgIpc) is 2.44. The van der Waals surface area contributed by atoms with Crippen molar-refractivity contribution in [1.82, 2.24) is 10.2 Å². The normalized spacial score (nSPS) is 35.3. The molecule has 1 N–H and O–H groups in total. The summed E-state index contributed by atoms with van der Waals surface area (Å²) in [6.45, 7) is 9.79. The van der Waals surface area contributed by atoms with Gasteiger partial charge in [0.2, 0.25) is 0 Å². The summed E-state index contributed by atoms with van der Waals surface area (Å²) in [7, 11) is 0. The highest BCUT2D eigenvalue weighted by molar-refractivity contribution is 5.76. The minimum absolute atomic E-state index is 0.0644. The molecule has 1 saturated carbocycles. The fourth-order valence-corrected chi connectivity index (χ4v) is 3.93. The summed E-state index contributed by atoms with van der Waals surface area (Å²) in [6.07, 6.45) is 7.10. The molecule has 2 aliphatic rings. The van der Waals surface area contributed by atoms with Crippen LogP contribution in [0.25, 0.3) is 0 Å². The second-order valence-electron chi connectivity index (χ2n) is 6.79. The van der Waals surface area contributed by atoms with E-state index >= 15 is 0 Å². The molecule has 2 rings (SSSR count). The quantitative estimate of drug-likeness (QED) is 0.745. The van der Waals surface area contributed by atoms with Gasteiger partial charge in [-0.05, 0) is 37.0 Å². The van der Waals surface area contributed by atoms with Crippen molar-refractivity contribution in [3.8, 4) is 0 Å². The predicted molar refractivity (Wildman–Crippen MR) is 69.6 cm³/mol. The molecular formula is C14H24N2O. The Kier molecular flexibility index (Phi) is 2.96. The molecule has 1 aliphatic carbocycles. The Morgan fingerprint density at radius 1 is 1.35 bits per heavy atom. The zero-order chi connectivity index (χ0) is 12.7. The van der Waals surface area contributed by atoms with Crippen LogP contribution in [-0.4, -0.2) is 23.5 Å². The number of hydrogen-bond acceptors (Lipinski definition) is 1. The van der Waals surface area contributed by atoms with Crippen LogP contribution < -0.4 is 5.32 Å². The zero-order valence-corrected chi connectivity index (χ0v) is 11.4. The monoisotopic (exact) mass is 236 g/mol. The Morgan fingerprint density at radius 3 is 2.71 bits per heavy atom. The van der Waals surface area contributed by atoms with Crippen molar-refractivity contribution in [3.05, 3.63) is 12.3 Å². The topological polar surface area (TPSA) is 32.3 Å². The van der Waals surface area contributed by atoms with E-state index in [1.807, 2.05) is 17.9 Å². The van der Waals surface area contributed by atoms with Crippen molar-refractivity contribution in [2.24, 2.45) is 10.8 Å². The third-order valence-corrected chi connectivity index (χ3v) is 4.05. The predicted octanol–water partition coefficient (Wildman–Crippen LogP) is 3.13. The zero-order valence-electron chi connectivity index (χ0n) is 11.4. The molecule has 1 saturated heterocycles. The van der Waals surface area contributed by atoms with Gasteiger partial charge in [-0.25, -0.2) is 4.79 Å². The first-order valence-electron chi connectivity index (χ1n) is 6.54. The number of carbonyl (C=O) groups is 1. The molecule has 0 aromatic rings. The first-order chi connectivity index (χ1) is 7.85. The van der Waals surface area contributed by atoms with Crippen LogP contribution in [0, 0.1) is 10.8 Å². The third-order valence-electron chi connectivity index (χ3n) is 4.05. The summed E-state index contributed by atoms with van der Waals surface area (Å²) in [5, 5.41) is 2.84. The van der Waals surface area contributed by atoms with Gasteiger partial charge in [0, 0.05) is 18.8 Å². The number of hydrogen-bond donors (Lipinski definition) is 1. The summed E-state index contributed by atoms with van der Waals surface area (Å²) in [6, 6.07) is 0.489. The molecule has 1 aliphatic heterocycles. The lowest BCUT2D eigenvalue weighted by Gasteiger charge is -2.39. The molecule has 2 bridgehead atoms. The molecule has 3 nitrogen and oxygen atoms in total. The van der Waals surface area contributed by atoms with Crippen molar-refractivity contribution in [1.29, 1.82) is 0 Å². The second-order valence-corrected chi connectivity index (χ2v) is 6.79. The lowest BCUT2D eigenvalue weighted by atomic mass is 9.65. The van der Waals surface area contributed by atoms with E-state index in [2.05, 4.69) is 26.1 Å².